The zero-order valence-electron chi connectivity index (χ0n) is 19.2. The molecule has 1 aliphatic carbocycles. The molecule has 2 aliphatic rings. The Labute approximate surface area is 197 Å². The van der Waals surface area contributed by atoms with Crippen LogP contribution in [0.15, 0.2) is 35.7 Å². The van der Waals surface area contributed by atoms with Gasteiger partial charge in [-0.2, -0.15) is 0 Å². The van der Waals surface area contributed by atoms with Gasteiger partial charge in [0.2, 0.25) is 5.91 Å². The summed E-state index contributed by atoms with van der Waals surface area (Å²) in [4.78, 5) is 29.3. The van der Waals surface area contributed by atoms with Gasteiger partial charge in [0.05, 0.1) is 37.5 Å². The average Bonchev–Trinajstić information content (AvgIpc) is 3.55. The maximum Gasteiger partial charge on any atom is 0.271 e. The van der Waals surface area contributed by atoms with Crippen LogP contribution in [0, 0.1) is 0 Å². The van der Waals surface area contributed by atoms with Crippen LogP contribution in [0.2, 0.25) is 0 Å². The summed E-state index contributed by atoms with van der Waals surface area (Å²) in [5.74, 6) is 0.916. The molecule has 1 fully saturated rings. The standard InChI is InChI=1S/C25H29N3O4S/c1-25(24(30)26-17-8-4-5-9-17)15-27-18-11-12-33-21(18)13-19(27)23(29)28(25)14-16-7-6-10-20(31-2)22(16)32-3/h6-7,10-13,17H,4-5,8-9,14-15H2,1-3H3,(H,26,30). The molecule has 3 heterocycles. The van der Waals surface area contributed by atoms with Gasteiger partial charge in [0.1, 0.15) is 11.2 Å². The first-order chi connectivity index (χ1) is 16.0. The number of methoxy groups -OCH3 is 2. The smallest absolute Gasteiger partial charge is 0.271 e. The van der Waals surface area contributed by atoms with Crippen molar-refractivity contribution in [3.8, 4) is 11.5 Å². The third-order valence-corrected chi connectivity index (χ3v) is 7.89. The molecule has 8 heteroatoms. The predicted molar refractivity (Wildman–Crippen MR) is 128 cm³/mol. The number of nitrogens with one attached hydrogen (secondary N) is 1. The second-order valence-corrected chi connectivity index (χ2v) is 10.0. The van der Waals surface area contributed by atoms with Crippen molar-refractivity contribution in [3.05, 3.63) is 47.0 Å². The summed E-state index contributed by atoms with van der Waals surface area (Å²) in [7, 11) is 3.18. The fraction of sp³-hybridized carbons (Fsp3) is 0.440. The normalized spacial score (nSPS) is 20.8. The quantitative estimate of drug-likeness (QED) is 0.590. The van der Waals surface area contributed by atoms with Crippen molar-refractivity contribution < 1.29 is 19.1 Å². The Balaban J connectivity index is 1.57. The number of carbonyl (C=O) groups is 2. The molecular weight excluding hydrogens is 438 g/mol. The second-order valence-electron chi connectivity index (χ2n) is 9.06. The number of para-hydroxylation sites is 1. The van der Waals surface area contributed by atoms with Crippen LogP contribution in [0.3, 0.4) is 0 Å². The van der Waals surface area contributed by atoms with E-state index in [1.54, 1.807) is 30.5 Å². The number of carbonyl (C=O) groups excluding carboxylic acids is 2. The lowest BCUT2D eigenvalue weighted by Crippen LogP contribution is -2.64. The second kappa shape index (κ2) is 8.41. The number of hydrogen-bond donors (Lipinski definition) is 1. The van der Waals surface area contributed by atoms with Gasteiger partial charge in [-0.3, -0.25) is 9.59 Å². The van der Waals surface area contributed by atoms with Gasteiger partial charge in [-0.15, -0.1) is 11.3 Å². The Hall–Kier alpha value is -3.00. The minimum absolute atomic E-state index is 0.104. The maximum atomic E-state index is 13.9. The molecule has 7 nitrogen and oxygen atoms in total. The highest BCUT2D eigenvalue weighted by Crippen LogP contribution is 2.38. The highest BCUT2D eigenvalue weighted by Gasteiger charge is 2.48. The van der Waals surface area contributed by atoms with E-state index in [4.69, 9.17) is 9.47 Å². The van der Waals surface area contributed by atoms with E-state index in [1.807, 2.05) is 47.2 Å². The lowest BCUT2D eigenvalue weighted by molar-refractivity contribution is -0.133. The van der Waals surface area contributed by atoms with Crippen molar-refractivity contribution in [3.63, 3.8) is 0 Å². The Morgan fingerprint density at radius 3 is 2.73 bits per heavy atom. The third kappa shape index (κ3) is 3.57. The van der Waals surface area contributed by atoms with Gasteiger partial charge in [0.15, 0.2) is 11.5 Å². The zero-order chi connectivity index (χ0) is 23.2. The summed E-state index contributed by atoms with van der Waals surface area (Å²) in [6.07, 6.45) is 4.23. The molecule has 33 heavy (non-hydrogen) atoms. The minimum atomic E-state index is -1.05. The average molecular weight is 468 g/mol. The van der Waals surface area contributed by atoms with Crippen LogP contribution in [-0.2, 0) is 17.9 Å². The van der Waals surface area contributed by atoms with Crippen LogP contribution in [-0.4, -0.2) is 47.1 Å². The summed E-state index contributed by atoms with van der Waals surface area (Å²) in [5.41, 5.74) is 1.37. The van der Waals surface area contributed by atoms with E-state index in [1.165, 1.54) is 0 Å². The fourth-order valence-corrected chi connectivity index (χ4v) is 6.00. The first-order valence-electron chi connectivity index (χ1n) is 11.4. The first kappa shape index (κ1) is 21.8. The van der Waals surface area contributed by atoms with Crippen LogP contribution in [0.4, 0.5) is 0 Å². The highest BCUT2D eigenvalue weighted by atomic mass is 32.1. The van der Waals surface area contributed by atoms with Crippen LogP contribution in [0.5, 0.6) is 11.5 Å². The van der Waals surface area contributed by atoms with Crippen molar-refractivity contribution in [1.29, 1.82) is 0 Å². The Morgan fingerprint density at radius 1 is 1.21 bits per heavy atom. The van der Waals surface area contributed by atoms with E-state index in [0.29, 0.717) is 23.7 Å². The lowest BCUT2D eigenvalue weighted by Gasteiger charge is -2.44. The number of rotatable bonds is 6. The van der Waals surface area contributed by atoms with Gasteiger partial charge in [-0.05, 0) is 43.3 Å². The van der Waals surface area contributed by atoms with Crippen LogP contribution < -0.4 is 14.8 Å². The Morgan fingerprint density at radius 2 is 2.00 bits per heavy atom. The molecule has 2 amide bonds. The van der Waals surface area contributed by atoms with Gasteiger partial charge in [-0.1, -0.05) is 25.0 Å². The molecule has 3 aromatic rings. The fourth-order valence-electron chi connectivity index (χ4n) is 5.18. The number of thiophene rings is 1. The first-order valence-corrected chi connectivity index (χ1v) is 12.2. The highest BCUT2D eigenvalue weighted by molar-refractivity contribution is 7.17. The van der Waals surface area contributed by atoms with Crippen molar-refractivity contribution in [2.45, 2.75) is 57.3 Å². The SMILES string of the molecule is COc1cccc(CN2C(=O)c3cc4sccc4n3CC2(C)C(=O)NC2CCCC2)c1OC. The van der Waals surface area contributed by atoms with Crippen molar-refractivity contribution in [2.75, 3.05) is 14.2 Å². The molecule has 0 radical (unpaired) electrons. The van der Waals surface area contributed by atoms with E-state index in [2.05, 4.69) is 5.32 Å². The van der Waals surface area contributed by atoms with Crippen molar-refractivity contribution in [1.82, 2.24) is 14.8 Å². The number of nitrogens with zero attached hydrogens (tertiary/aromatic N) is 2. The van der Waals surface area contributed by atoms with E-state index < -0.39 is 5.54 Å². The number of ether oxygens (including phenoxy) is 2. The minimum Gasteiger partial charge on any atom is -0.493 e. The zero-order valence-corrected chi connectivity index (χ0v) is 20.0. The molecule has 0 bridgehead atoms. The van der Waals surface area contributed by atoms with Gasteiger partial charge in [0.25, 0.3) is 5.91 Å². The molecule has 1 atom stereocenters. The van der Waals surface area contributed by atoms with Crippen LogP contribution in [0.1, 0.15) is 48.7 Å². The molecule has 1 N–H and O–H groups in total. The third-order valence-electron chi connectivity index (χ3n) is 7.04. The number of hydrogen-bond acceptors (Lipinski definition) is 5. The summed E-state index contributed by atoms with van der Waals surface area (Å²) in [6.45, 7) is 2.52. The molecule has 1 saturated carbocycles. The number of aromatic nitrogens is 1. The van der Waals surface area contributed by atoms with E-state index in [9.17, 15) is 9.59 Å². The molecule has 2 aromatic heterocycles. The van der Waals surface area contributed by atoms with E-state index in [0.717, 1.165) is 41.5 Å². The molecule has 1 aliphatic heterocycles. The van der Waals surface area contributed by atoms with Crippen LogP contribution >= 0.6 is 11.3 Å². The van der Waals surface area contributed by atoms with Gasteiger partial charge in [-0.25, -0.2) is 0 Å². The van der Waals surface area contributed by atoms with E-state index >= 15 is 0 Å². The molecule has 5 rings (SSSR count). The Kier molecular flexibility index (Phi) is 5.56. The number of amides is 2. The summed E-state index contributed by atoms with van der Waals surface area (Å²) >= 11 is 1.61. The summed E-state index contributed by atoms with van der Waals surface area (Å²) < 4.78 is 14.1. The van der Waals surface area contributed by atoms with Crippen molar-refractivity contribution >= 4 is 33.4 Å². The predicted octanol–water partition coefficient (Wildman–Crippen LogP) is 4.19. The molecule has 0 saturated heterocycles. The van der Waals surface area contributed by atoms with Gasteiger partial charge < -0.3 is 24.3 Å². The van der Waals surface area contributed by atoms with Crippen molar-refractivity contribution in [2.24, 2.45) is 0 Å². The monoisotopic (exact) mass is 467 g/mol. The summed E-state index contributed by atoms with van der Waals surface area (Å²) in [5, 5.41) is 5.26. The summed E-state index contributed by atoms with van der Waals surface area (Å²) in [6, 6.07) is 9.74. The number of benzene rings is 1. The Bertz CT molecular complexity index is 1210. The van der Waals surface area contributed by atoms with Gasteiger partial charge >= 0.3 is 0 Å². The molecule has 1 aromatic carbocycles. The largest absolute Gasteiger partial charge is 0.493 e. The van der Waals surface area contributed by atoms with Crippen LogP contribution in [0.25, 0.3) is 10.2 Å². The molecule has 0 spiro atoms. The lowest BCUT2D eigenvalue weighted by atomic mass is 9.93. The topological polar surface area (TPSA) is 72.8 Å². The molecule has 1 unspecified atom stereocenters. The maximum absolute atomic E-state index is 13.9. The van der Waals surface area contributed by atoms with E-state index in [-0.39, 0.29) is 24.4 Å². The van der Waals surface area contributed by atoms with Gasteiger partial charge in [0, 0.05) is 11.6 Å². The molecule has 174 valence electrons. The number of fused-ring (bicyclic) bond motifs is 3. The molecular formula is C25H29N3O4S.